The van der Waals surface area contributed by atoms with E-state index < -0.39 is 6.10 Å². The quantitative estimate of drug-likeness (QED) is 0.0263. The van der Waals surface area contributed by atoms with Crippen LogP contribution in [0.25, 0.3) is 0 Å². The summed E-state index contributed by atoms with van der Waals surface area (Å²) in [4.78, 5) is 37.9. The van der Waals surface area contributed by atoms with E-state index in [1.165, 1.54) is 44.9 Å². The maximum atomic E-state index is 12.7. The van der Waals surface area contributed by atoms with Gasteiger partial charge < -0.3 is 14.2 Å². The third-order valence-corrected chi connectivity index (χ3v) is 10.3. The van der Waals surface area contributed by atoms with Gasteiger partial charge in [0, 0.05) is 19.3 Å². The van der Waals surface area contributed by atoms with E-state index in [-0.39, 0.29) is 37.5 Å². The van der Waals surface area contributed by atoms with E-state index in [1.807, 2.05) is 0 Å². The highest BCUT2D eigenvalue weighted by Gasteiger charge is 2.19. The summed E-state index contributed by atoms with van der Waals surface area (Å²) in [5.41, 5.74) is 0. The van der Waals surface area contributed by atoms with E-state index in [2.05, 4.69) is 118 Å². The molecule has 0 fully saturated rings. The van der Waals surface area contributed by atoms with Crippen molar-refractivity contribution in [2.24, 2.45) is 0 Å². The first-order valence-electron chi connectivity index (χ1n) is 25.2. The van der Waals surface area contributed by atoms with Crippen LogP contribution in [-0.4, -0.2) is 37.2 Å². The van der Waals surface area contributed by atoms with Gasteiger partial charge in [0.1, 0.15) is 13.2 Å². The number of carbonyl (C=O) groups excluding carboxylic acids is 3. The van der Waals surface area contributed by atoms with E-state index in [0.717, 1.165) is 135 Å². The Morgan fingerprint density at radius 1 is 0.339 bits per heavy atom. The van der Waals surface area contributed by atoms with Gasteiger partial charge in [-0.05, 0) is 96.3 Å². The lowest BCUT2D eigenvalue weighted by molar-refractivity contribution is -0.167. The molecule has 352 valence electrons. The van der Waals surface area contributed by atoms with Crippen molar-refractivity contribution in [2.75, 3.05) is 13.2 Å². The molecule has 62 heavy (non-hydrogen) atoms. The predicted molar refractivity (Wildman–Crippen MR) is 265 cm³/mol. The highest BCUT2D eigenvalue weighted by molar-refractivity contribution is 5.71. The van der Waals surface area contributed by atoms with E-state index in [9.17, 15) is 14.4 Å². The topological polar surface area (TPSA) is 78.9 Å². The zero-order valence-electron chi connectivity index (χ0n) is 40.1. The van der Waals surface area contributed by atoms with Crippen LogP contribution >= 0.6 is 0 Å². The molecule has 0 saturated carbocycles. The maximum Gasteiger partial charge on any atom is 0.306 e. The highest BCUT2D eigenvalue weighted by Crippen LogP contribution is 2.13. The van der Waals surface area contributed by atoms with E-state index in [1.54, 1.807) is 0 Å². The van der Waals surface area contributed by atoms with Crippen LogP contribution in [-0.2, 0) is 28.6 Å². The molecule has 0 aromatic carbocycles. The van der Waals surface area contributed by atoms with Gasteiger partial charge in [0.05, 0.1) is 0 Å². The van der Waals surface area contributed by atoms with Crippen LogP contribution in [0.2, 0.25) is 0 Å². The number of ether oxygens (including phenoxy) is 3. The number of hydrogen-bond donors (Lipinski definition) is 0. The summed E-state index contributed by atoms with van der Waals surface area (Å²) in [5.74, 6) is -0.951. The first-order chi connectivity index (χ1) is 30.5. The van der Waals surface area contributed by atoms with Crippen LogP contribution in [0.15, 0.2) is 97.2 Å². The fourth-order valence-electron chi connectivity index (χ4n) is 6.60. The van der Waals surface area contributed by atoms with Gasteiger partial charge in [-0.2, -0.15) is 0 Å². The molecule has 6 heteroatoms. The van der Waals surface area contributed by atoms with Crippen LogP contribution in [0.4, 0.5) is 0 Å². The second-order valence-corrected chi connectivity index (χ2v) is 16.3. The molecule has 0 aromatic rings. The smallest absolute Gasteiger partial charge is 0.306 e. The molecule has 0 N–H and O–H groups in total. The predicted octanol–water partition coefficient (Wildman–Crippen LogP) is 16.6. The molecule has 0 aliphatic carbocycles. The van der Waals surface area contributed by atoms with Gasteiger partial charge in [0.2, 0.25) is 0 Å². The largest absolute Gasteiger partial charge is 0.462 e. The summed E-state index contributed by atoms with van der Waals surface area (Å²) in [6.07, 6.45) is 65.4. The van der Waals surface area contributed by atoms with Crippen LogP contribution in [0.1, 0.15) is 220 Å². The van der Waals surface area contributed by atoms with Gasteiger partial charge in [-0.15, -0.1) is 0 Å². The van der Waals surface area contributed by atoms with Gasteiger partial charge >= 0.3 is 17.9 Å². The van der Waals surface area contributed by atoms with Crippen molar-refractivity contribution in [3.63, 3.8) is 0 Å². The van der Waals surface area contributed by atoms with Gasteiger partial charge in [-0.1, -0.05) is 201 Å². The number of rotatable bonds is 44. The molecule has 1 unspecified atom stereocenters. The molecule has 0 spiro atoms. The Labute approximate surface area is 381 Å². The third kappa shape index (κ3) is 47.4. The van der Waals surface area contributed by atoms with Crippen molar-refractivity contribution in [3.05, 3.63) is 97.2 Å². The van der Waals surface area contributed by atoms with Crippen LogP contribution in [0.3, 0.4) is 0 Å². The summed E-state index contributed by atoms with van der Waals surface area (Å²) < 4.78 is 16.7. The van der Waals surface area contributed by atoms with Gasteiger partial charge in [-0.3, -0.25) is 14.4 Å². The number of allylic oxidation sites excluding steroid dienone is 16. The monoisotopic (exact) mass is 861 g/mol. The molecular formula is C56H92O6. The maximum absolute atomic E-state index is 12.7. The zero-order chi connectivity index (χ0) is 45.1. The SMILES string of the molecule is CC/C=C\C/C=C\C/C=C\C/C=C\C/C=C\CCCCCCCC(=O)OCC(COC(=O)CCCCCCCCCCCC)OC(=O)CCCCC/C=C\C/C=C\C/C=C\CC. The molecule has 0 saturated heterocycles. The molecule has 0 radical (unpaired) electrons. The van der Waals surface area contributed by atoms with Gasteiger partial charge in [0.25, 0.3) is 0 Å². The molecule has 0 heterocycles. The van der Waals surface area contributed by atoms with E-state index in [0.29, 0.717) is 12.8 Å². The Morgan fingerprint density at radius 3 is 1.00 bits per heavy atom. The summed E-state index contributed by atoms with van der Waals surface area (Å²) in [5, 5.41) is 0. The Hall–Kier alpha value is -3.67. The molecule has 0 aliphatic heterocycles. The summed E-state index contributed by atoms with van der Waals surface area (Å²) in [6.45, 7) is 6.34. The molecular weight excluding hydrogens is 769 g/mol. The van der Waals surface area contributed by atoms with Crippen molar-refractivity contribution in [1.29, 1.82) is 0 Å². The molecule has 0 amide bonds. The zero-order valence-corrected chi connectivity index (χ0v) is 40.1. The normalized spacial score (nSPS) is 12.9. The second kappa shape index (κ2) is 50.0. The average molecular weight is 861 g/mol. The lowest BCUT2D eigenvalue weighted by Gasteiger charge is -2.18. The fourth-order valence-corrected chi connectivity index (χ4v) is 6.60. The molecule has 0 aromatic heterocycles. The van der Waals surface area contributed by atoms with Crippen molar-refractivity contribution in [3.8, 4) is 0 Å². The van der Waals surface area contributed by atoms with E-state index >= 15 is 0 Å². The van der Waals surface area contributed by atoms with Crippen LogP contribution in [0, 0.1) is 0 Å². The van der Waals surface area contributed by atoms with Crippen LogP contribution in [0.5, 0.6) is 0 Å². The van der Waals surface area contributed by atoms with Crippen molar-refractivity contribution < 1.29 is 28.6 Å². The fraction of sp³-hybridized carbons (Fsp3) is 0.661. The molecule has 0 aliphatic rings. The first-order valence-corrected chi connectivity index (χ1v) is 25.2. The highest BCUT2D eigenvalue weighted by atomic mass is 16.6. The lowest BCUT2D eigenvalue weighted by atomic mass is 10.1. The minimum Gasteiger partial charge on any atom is -0.462 e. The van der Waals surface area contributed by atoms with Crippen LogP contribution < -0.4 is 0 Å². The molecule has 0 rings (SSSR count). The third-order valence-electron chi connectivity index (χ3n) is 10.3. The first kappa shape index (κ1) is 58.3. The lowest BCUT2D eigenvalue weighted by Crippen LogP contribution is -2.30. The number of hydrogen-bond acceptors (Lipinski definition) is 6. The van der Waals surface area contributed by atoms with E-state index in [4.69, 9.17) is 14.2 Å². The molecule has 6 nitrogen and oxygen atoms in total. The Morgan fingerprint density at radius 2 is 0.629 bits per heavy atom. The minimum absolute atomic E-state index is 0.0956. The van der Waals surface area contributed by atoms with Crippen molar-refractivity contribution >= 4 is 17.9 Å². The summed E-state index contributed by atoms with van der Waals surface area (Å²) >= 11 is 0. The summed E-state index contributed by atoms with van der Waals surface area (Å²) in [7, 11) is 0. The van der Waals surface area contributed by atoms with Gasteiger partial charge in [0.15, 0.2) is 6.10 Å². The Bertz CT molecular complexity index is 1260. The Balaban J connectivity index is 4.40. The number of unbranched alkanes of at least 4 members (excludes halogenated alkanes) is 17. The molecule has 0 bridgehead atoms. The standard InChI is InChI=1S/C56H92O6/c1-4-7-10-13-16-19-22-24-25-26-27-28-29-30-31-33-34-37-40-43-46-49-55(58)61-52-53(51-60-54(57)48-45-42-39-36-21-18-15-12-9-6-3)62-56(59)50-47-44-41-38-35-32-23-20-17-14-11-8-5-2/h7-8,10-11,16-17,19-20,24-25,27-28,30-32,35,53H,4-6,9,12-15,18,21-23,26,29,33-34,36-52H2,1-3H3/b10-7-,11-8-,19-16-,20-17-,25-24-,28-27-,31-30-,35-32-. The number of esters is 3. The van der Waals surface area contributed by atoms with Crippen molar-refractivity contribution in [2.45, 2.75) is 226 Å². The van der Waals surface area contributed by atoms with Crippen molar-refractivity contribution in [1.82, 2.24) is 0 Å². The van der Waals surface area contributed by atoms with Gasteiger partial charge in [-0.25, -0.2) is 0 Å². The number of carbonyl (C=O) groups is 3. The second-order valence-electron chi connectivity index (χ2n) is 16.3. The molecule has 1 atom stereocenters. The Kier molecular flexibility index (Phi) is 47.0. The average Bonchev–Trinajstić information content (AvgIpc) is 3.27. The minimum atomic E-state index is -0.799. The summed E-state index contributed by atoms with van der Waals surface area (Å²) in [6, 6.07) is 0.